The van der Waals surface area contributed by atoms with Gasteiger partial charge in [-0.1, -0.05) is 18.2 Å². The van der Waals surface area contributed by atoms with Crippen molar-refractivity contribution < 1.29 is 13.5 Å². The van der Waals surface area contributed by atoms with E-state index in [1.165, 1.54) is 18.2 Å². The molecule has 0 fully saturated rings. The number of hydrogen-bond acceptors (Lipinski definition) is 3. The average Bonchev–Trinajstić information content (AvgIpc) is 2.48. The van der Waals surface area contributed by atoms with E-state index in [-0.39, 0.29) is 23.1 Å². The van der Waals surface area contributed by atoms with Gasteiger partial charge in [-0.15, -0.1) is 0 Å². The molecule has 0 aliphatic carbocycles. The lowest BCUT2D eigenvalue weighted by Crippen LogP contribution is -2.13. The van der Waals surface area contributed by atoms with E-state index in [1.54, 1.807) is 25.2 Å². The lowest BCUT2D eigenvalue weighted by Gasteiger charge is -2.17. The first-order chi connectivity index (χ1) is 10.1. The van der Waals surface area contributed by atoms with Crippen LogP contribution in [0.15, 0.2) is 36.4 Å². The first-order valence-corrected chi connectivity index (χ1v) is 6.40. The zero-order valence-electron chi connectivity index (χ0n) is 11.7. The van der Waals surface area contributed by atoms with Gasteiger partial charge < -0.3 is 10.1 Å². The second-order valence-corrected chi connectivity index (χ2v) is 4.50. The number of nitrogens with zero attached hydrogens (tertiary/aromatic N) is 1. The van der Waals surface area contributed by atoms with Crippen molar-refractivity contribution in [2.45, 2.75) is 13.0 Å². The quantitative estimate of drug-likeness (QED) is 0.927. The van der Waals surface area contributed by atoms with Gasteiger partial charge in [-0.25, -0.2) is 8.78 Å². The van der Waals surface area contributed by atoms with E-state index in [4.69, 9.17) is 10.00 Å². The summed E-state index contributed by atoms with van der Waals surface area (Å²) < 4.78 is 33.1. The van der Waals surface area contributed by atoms with Crippen LogP contribution in [-0.4, -0.2) is 7.05 Å². The standard InChI is InChI=1S/C16H14F2N2O/c1-10(20-2)11-5-3-7-14(18)16(11)21-15-8-4-6-13(17)12(15)9-19/h3-8,10,20H,1-2H3. The highest BCUT2D eigenvalue weighted by Crippen LogP contribution is 2.34. The molecule has 0 aromatic heterocycles. The first kappa shape index (κ1) is 14.9. The minimum Gasteiger partial charge on any atom is -0.452 e. The van der Waals surface area contributed by atoms with Gasteiger partial charge in [0.2, 0.25) is 0 Å². The summed E-state index contributed by atoms with van der Waals surface area (Å²) in [6, 6.07) is 10.1. The van der Waals surface area contributed by atoms with E-state index in [0.29, 0.717) is 5.56 Å². The van der Waals surface area contributed by atoms with Gasteiger partial charge in [0.1, 0.15) is 23.2 Å². The number of nitrogens with one attached hydrogen (secondary N) is 1. The highest BCUT2D eigenvalue weighted by molar-refractivity contribution is 5.48. The van der Waals surface area contributed by atoms with Crippen LogP contribution < -0.4 is 10.1 Å². The lowest BCUT2D eigenvalue weighted by molar-refractivity contribution is 0.424. The molecule has 0 heterocycles. The van der Waals surface area contributed by atoms with Crippen molar-refractivity contribution in [3.63, 3.8) is 0 Å². The van der Waals surface area contributed by atoms with Gasteiger partial charge in [0.15, 0.2) is 11.6 Å². The fourth-order valence-electron chi connectivity index (χ4n) is 1.94. The van der Waals surface area contributed by atoms with Crippen molar-refractivity contribution in [3.8, 4) is 17.6 Å². The number of ether oxygens (including phenoxy) is 1. The summed E-state index contributed by atoms with van der Waals surface area (Å²) in [5.74, 6) is -1.29. The predicted molar refractivity (Wildman–Crippen MR) is 75.1 cm³/mol. The van der Waals surface area contributed by atoms with Crippen molar-refractivity contribution in [1.29, 1.82) is 5.26 Å². The van der Waals surface area contributed by atoms with Gasteiger partial charge in [-0.05, 0) is 32.2 Å². The summed E-state index contributed by atoms with van der Waals surface area (Å²) in [7, 11) is 1.74. The molecule has 108 valence electrons. The summed E-state index contributed by atoms with van der Waals surface area (Å²) in [4.78, 5) is 0. The van der Waals surface area contributed by atoms with E-state index in [0.717, 1.165) is 6.07 Å². The van der Waals surface area contributed by atoms with E-state index < -0.39 is 11.6 Å². The third-order valence-corrected chi connectivity index (χ3v) is 3.20. The second kappa shape index (κ2) is 6.33. The summed E-state index contributed by atoms with van der Waals surface area (Å²) in [5.41, 5.74) is 0.342. The molecule has 5 heteroatoms. The Labute approximate surface area is 121 Å². The maximum atomic E-state index is 14.0. The van der Waals surface area contributed by atoms with Crippen LogP contribution in [0.1, 0.15) is 24.1 Å². The molecule has 0 radical (unpaired) electrons. The van der Waals surface area contributed by atoms with Crippen LogP contribution in [0.3, 0.4) is 0 Å². The van der Waals surface area contributed by atoms with Crippen LogP contribution in [0.5, 0.6) is 11.5 Å². The number of para-hydroxylation sites is 1. The molecule has 2 rings (SSSR count). The second-order valence-electron chi connectivity index (χ2n) is 4.50. The maximum absolute atomic E-state index is 14.0. The molecule has 2 aromatic carbocycles. The summed E-state index contributed by atoms with van der Waals surface area (Å²) >= 11 is 0. The van der Waals surface area contributed by atoms with Crippen LogP contribution in [-0.2, 0) is 0 Å². The molecule has 0 saturated carbocycles. The smallest absolute Gasteiger partial charge is 0.167 e. The molecular weight excluding hydrogens is 274 g/mol. The fraction of sp³-hybridized carbons (Fsp3) is 0.188. The van der Waals surface area contributed by atoms with Gasteiger partial charge in [-0.3, -0.25) is 0 Å². The fourth-order valence-corrected chi connectivity index (χ4v) is 1.94. The van der Waals surface area contributed by atoms with Crippen molar-refractivity contribution in [3.05, 3.63) is 59.2 Å². The number of nitriles is 1. The molecule has 3 nitrogen and oxygen atoms in total. The van der Waals surface area contributed by atoms with E-state index in [2.05, 4.69) is 5.32 Å². The Kier molecular flexibility index (Phi) is 4.51. The van der Waals surface area contributed by atoms with Gasteiger partial charge in [0.25, 0.3) is 0 Å². The third kappa shape index (κ3) is 3.01. The van der Waals surface area contributed by atoms with Crippen molar-refractivity contribution in [2.24, 2.45) is 0 Å². The number of halogens is 2. The minimum atomic E-state index is -0.699. The Balaban J connectivity index is 2.50. The predicted octanol–water partition coefficient (Wildman–Crippen LogP) is 3.91. The zero-order valence-corrected chi connectivity index (χ0v) is 11.7. The Hall–Kier alpha value is -2.45. The summed E-state index contributed by atoms with van der Waals surface area (Å²) in [5, 5.41) is 12.0. The number of hydrogen-bond donors (Lipinski definition) is 1. The van der Waals surface area contributed by atoms with Crippen molar-refractivity contribution in [2.75, 3.05) is 7.05 Å². The molecule has 0 bridgehead atoms. The molecule has 1 N–H and O–H groups in total. The number of rotatable bonds is 4. The highest BCUT2D eigenvalue weighted by Gasteiger charge is 2.18. The molecule has 0 amide bonds. The molecule has 2 aromatic rings. The van der Waals surface area contributed by atoms with Crippen LogP contribution in [0, 0.1) is 23.0 Å². The monoisotopic (exact) mass is 288 g/mol. The molecule has 0 saturated heterocycles. The highest BCUT2D eigenvalue weighted by atomic mass is 19.1. The minimum absolute atomic E-state index is 0.00727. The van der Waals surface area contributed by atoms with E-state index in [9.17, 15) is 8.78 Å². The van der Waals surface area contributed by atoms with Crippen molar-refractivity contribution in [1.82, 2.24) is 5.32 Å². The molecule has 0 aliphatic heterocycles. The van der Waals surface area contributed by atoms with E-state index in [1.807, 2.05) is 6.92 Å². The van der Waals surface area contributed by atoms with Crippen LogP contribution in [0.25, 0.3) is 0 Å². The van der Waals surface area contributed by atoms with Gasteiger partial charge in [0, 0.05) is 11.6 Å². The molecule has 21 heavy (non-hydrogen) atoms. The maximum Gasteiger partial charge on any atom is 0.167 e. The summed E-state index contributed by atoms with van der Waals surface area (Å²) in [6.45, 7) is 1.85. The van der Waals surface area contributed by atoms with Gasteiger partial charge in [0.05, 0.1) is 0 Å². The van der Waals surface area contributed by atoms with Crippen LogP contribution in [0.4, 0.5) is 8.78 Å². The largest absolute Gasteiger partial charge is 0.452 e. The Morgan fingerprint density at radius 3 is 2.48 bits per heavy atom. The average molecular weight is 288 g/mol. The van der Waals surface area contributed by atoms with Crippen molar-refractivity contribution >= 4 is 0 Å². The lowest BCUT2D eigenvalue weighted by atomic mass is 10.1. The Morgan fingerprint density at radius 2 is 1.81 bits per heavy atom. The zero-order chi connectivity index (χ0) is 15.4. The molecule has 0 aliphatic rings. The molecule has 1 unspecified atom stereocenters. The normalized spacial score (nSPS) is 11.8. The SMILES string of the molecule is CNC(C)c1cccc(F)c1Oc1cccc(F)c1C#N. The molecule has 0 spiro atoms. The Morgan fingerprint density at radius 1 is 1.14 bits per heavy atom. The van der Waals surface area contributed by atoms with Gasteiger partial charge >= 0.3 is 0 Å². The van der Waals surface area contributed by atoms with Gasteiger partial charge in [-0.2, -0.15) is 5.26 Å². The third-order valence-electron chi connectivity index (χ3n) is 3.20. The topological polar surface area (TPSA) is 45.0 Å². The van der Waals surface area contributed by atoms with E-state index >= 15 is 0 Å². The molecule has 1 atom stereocenters. The summed E-state index contributed by atoms with van der Waals surface area (Å²) in [6.07, 6.45) is 0. The van der Waals surface area contributed by atoms with Crippen LogP contribution in [0.2, 0.25) is 0 Å². The van der Waals surface area contributed by atoms with Crippen LogP contribution >= 0.6 is 0 Å². The molecular formula is C16H14F2N2O. The Bertz CT molecular complexity index is 695. The number of benzene rings is 2. The first-order valence-electron chi connectivity index (χ1n) is 6.40.